The lowest BCUT2D eigenvalue weighted by Crippen LogP contribution is -2.10. The van der Waals surface area contributed by atoms with Crippen molar-refractivity contribution in [2.75, 3.05) is 4.90 Å². The van der Waals surface area contributed by atoms with E-state index in [0.29, 0.717) is 0 Å². The lowest BCUT2D eigenvalue weighted by molar-refractivity contribution is 0.669. The first-order chi connectivity index (χ1) is 23.3. The Morgan fingerprint density at radius 3 is 1.87 bits per heavy atom. The molecule has 0 atom stereocenters. The quantitative estimate of drug-likeness (QED) is 0.201. The van der Waals surface area contributed by atoms with Crippen LogP contribution in [0.1, 0.15) is 0 Å². The summed E-state index contributed by atoms with van der Waals surface area (Å²) in [5, 5.41) is 9.19. The molecule has 47 heavy (non-hydrogen) atoms. The van der Waals surface area contributed by atoms with E-state index in [-0.39, 0.29) is 0 Å². The van der Waals surface area contributed by atoms with Gasteiger partial charge in [0.05, 0.1) is 5.69 Å². The maximum absolute atomic E-state index is 6.82. The number of anilines is 3. The van der Waals surface area contributed by atoms with Crippen LogP contribution in [0.5, 0.6) is 0 Å². The van der Waals surface area contributed by atoms with Crippen molar-refractivity contribution >= 4 is 82.5 Å². The van der Waals surface area contributed by atoms with Crippen LogP contribution in [0.25, 0.3) is 76.5 Å². The molecule has 0 amide bonds. The SMILES string of the molecule is c1ccc2cc(N(c3ccc(-c4ccc5c(c4)oc4ccccc45)cc3)c3cccc4c3oc3c5ccccc5ccc43)ccc2c1. The zero-order chi connectivity index (χ0) is 30.9. The third-order valence-electron chi connectivity index (χ3n) is 9.44. The fourth-order valence-electron chi connectivity index (χ4n) is 7.14. The van der Waals surface area contributed by atoms with Gasteiger partial charge in [-0.05, 0) is 81.9 Å². The molecule has 2 heterocycles. The number of hydrogen-bond donors (Lipinski definition) is 0. The van der Waals surface area contributed by atoms with Crippen LogP contribution in [0.2, 0.25) is 0 Å². The molecule has 2 aromatic heterocycles. The molecule has 0 spiro atoms. The van der Waals surface area contributed by atoms with E-state index in [9.17, 15) is 0 Å². The maximum atomic E-state index is 6.82. The van der Waals surface area contributed by atoms with Gasteiger partial charge < -0.3 is 13.7 Å². The van der Waals surface area contributed by atoms with Gasteiger partial charge in [-0.3, -0.25) is 0 Å². The Balaban J connectivity index is 1.15. The van der Waals surface area contributed by atoms with Gasteiger partial charge in [0.2, 0.25) is 0 Å². The number of nitrogens with zero attached hydrogens (tertiary/aromatic N) is 1. The molecule has 0 bridgehead atoms. The molecule has 8 aromatic carbocycles. The Hall–Kier alpha value is -6.32. The van der Waals surface area contributed by atoms with Gasteiger partial charge in [-0.25, -0.2) is 0 Å². The van der Waals surface area contributed by atoms with Gasteiger partial charge in [0.15, 0.2) is 5.58 Å². The summed E-state index contributed by atoms with van der Waals surface area (Å²) in [7, 11) is 0. The largest absolute Gasteiger partial charge is 0.456 e. The first kappa shape index (κ1) is 26.0. The summed E-state index contributed by atoms with van der Waals surface area (Å²) in [6, 6.07) is 57.9. The molecule has 220 valence electrons. The second-order valence-corrected chi connectivity index (χ2v) is 12.1. The van der Waals surface area contributed by atoms with Crippen molar-refractivity contribution < 1.29 is 8.83 Å². The van der Waals surface area contributed by atoms with Crippen molar-refractivity contribution in [3.8, 4) is 11.1 Å². The van der Waals surface area contributed by atoms with Gasteiger partial charge in [-0.15, -0.1) is 0 Å². The van der Waals surface area contributed by atoms with Gasteiger partial charge in [-0.2, -0.15) is 0 Å². The minimum Gasteiger partial charge on any atom is -0.456 e. The molecule has 3 heteroatoms. The molecular formula is C44H27NO2. The summed E-state index contributed by atoms with van der Waals surface area (Å²) in [6.45, 7) is 0. The lowest BCUT2D eigenvalue weighted by Gasteiger charge is -2.26. The average molecular weight is 602 g/mol. The van der Waals surface area contributed by atoms with Crippen LogP contribution < -0.4 is 4.90 Å². The van der Waals surface area contributed by atoms with Crippen LogP contribution in [0, 0.1) is 0 Å². The zero-order valence-electron chi connectivity index (χ0n) is 25.4. The van der Waals surface area contributed by atoms with E-state index >= 15 is 0 Å². The highest BCUT2D eigenvalue weighted by Crippen LogP contribution is 2.44. The summed E-state index contributed by atoms with van der Waals surface area (Å²) in [5.74, 6) is 0. The lowest BCUT2D eigenvalue weighted by atomic mass is 10.0. The minimum absolute atomic E-state index is 0.867. The molecule has 10 rings (SSSR count). The van der Waals surface area contributed by atoms with Gasteiger partial charge in [-0.1, -0.05) is 109 Å². The van der Waals surface area contributed by atoms with Crippen molar-refractivity contribution in [2.45, 2.75) is 0 Å². The molecule has 10 aromatic rings. The van der Waals surface area contributed by atoms with Gasteiger partial charge >= 0.3 is 0 Å². The van der Waals surface area contributed by atoms with Crippen molar-refractivity contribution in [3.63, 3.8) is 0 Å². The molecule has 0 unspecified atom stereocenters. The summed E-state index contributed by atoms with van der Waals surface area (Å²) in [4.78, 5) is 2.31. The summed E-state index contributed by atoms with van der Waals surface area (Å²) in [6.07, 6.45) is 0. The normalized spacial score (nSPS) is 11.8. The highest BCUT2D eigenvalue weighted by molar-refractivity contribution is 6.17. The van der Waals surface area contributed by atoms with Crippen LogP contribution in [0.3, 0.4) is 0 Å². The maximum Gasteiger partial charge on any atom is 0.159 e. The highest BCUT2D eigenvalue weighted by atomic mass is 16.3. The van der Waals surface area contributed by atoms with E-state index in [1.807, 2.05) is 12.1 Å². The highest BCUT2D eigenvalue weighted by Gasteiger charge is 2.20. The molecule has 0 aliphatic heterocycles. The molecular weight excluding hydrogens is 574 g/mol. The Kier molecular flexibility index (Phi) is 5.57. The van der Waals surface area contributed by atoms with Crippen molar-refractivity contribution in [1.29, 1.82) is 0 Å². The van der Waals surface area contributed by atoms with Crippen molar-refractivity contribution in [2.24, 2.45) is 0 Å². The second-order valence-electron chi connectivity index (χ2n) is 12.1. The summed E-state index contributed by atoms with van der Waals surface area (Å²) in [5.41, 5.74) is 8.95. The van der Waals surface area contributed by atoms with E-state index in [1.54, 1.807) is 0 Å². The fraction of sp³-hybridized carbons (Fsp3) is 0. The summed E-state index contributed by atoms with van der Waals surface area (Å²) < 4.78 is 13.0. The number of fused-ring (bicyclic) bond motifs is 9. The topological polar surface area (TPSA) is 29.5 Å². The van der Waals surface area contributed by atoms with Crippen LogP contribution in [0.4, 0.5) is 17.1 Å². The minimum atomic E-state index is 0.867. The van der Waals surface area contributed by atoms with Crippen LogP contribution in [0.15, 0.2) is 173 Å². The Morgan fingerprint density at radius 1 is 0.340 bits per heavy atom. The third-order valence-corrected chi connectivity index (χ3v) is 9.44. The second kappa shape index (κ2) is 10.1. The monoisotopic (exact) mass is 601 g/mol. The third kappa shape index (κ3) is 4.07. The number of furan rings is 2. The zero-order valence-corrected chi connectivity index (χ0v) is 25.4. The number of para-hydroxylation sites is 2. The molecule has 0 saturated carbocycles. The Morgan fingerprint density at radius 2 is 0.979 bits per heavy atom. The molecule has 0 aliphatic rings. The standard InChI is InChI=1S/C44H27NO2/c1-2-10-31-26-34(23-18-28(31)8-1)45(40-14-7-13-38-39-25-19-30-9-3-4-11-35(30)43(39)47-44(38)40)33-21-16-29(17-22-33)32-20-24-37-36-12-5-6-15-41(36)46-42(37)27-32/h1-27H. The number of rotatable bonds is 4. The molecule has 0 saturated heterocycles. The smallest absolute Gasteiger partial charge is 0.159 e. The first-order valence-electron chi connectivity index (χ1n) is 15.9. The fourth-order valence-corrected chi connectivity index (χ4v) is 7.14. The predicted octanol–water partition coefficient (Wildman–Crippen LogP) is 12.9. The van der Waals surface area contributed by atoms with Gasteiger partial charge in [0.25, 0.3) is 0 Å². The number of benzene rings is 8. The number of hydrogen-bond acceptors (Lipinski definition) is 3. The van der Waals surface area contributed by atoms with Crippen molar-refractivity contribution in [3.05, 3.63) is 164 Å². The van der Waals surface area contributed by atoms with Crippen LogP contribution in [-0.4, -0.2) is 0 Å². The molecule has 0 fully saturated rings. The Bertz CT molecular complexity index is 2800. The molecule has 0 N–H and O–H groups in total. The molecule has 0 radical (unpaired) electrons. The predicted molar refractivity (Wildman–Crippen MR) is 196 cm³/mol. The van der Waals surface area contributed by atoms with Crippen LogP contribution in [-0.2, 0) is 0 Å². The van der Waals surface area contributed by atoms with E-state index in [1.165, 1.54) is 16.2 Å². The van der Waals surface area contributed by atoms with E-state index in [2.05, 4.69) is 157 Å². The van der Waals surface area contributed by atoms with E-state index in [4.69, 9.17) is 8.83 Å². The summed E-state index contributed by atoms with van der Waals surface area (Å²) >= 11 is 0. The average Bonchev–Trinajstić information content (AvgIpc) is 3.71. The van der Waals surface area contributed by atoms with Crippen LogP contribution >= 0.6 is 0 Å². The Labute approximate surface area is 270 Å². The molecule has 0 aliphatic carbocycles. The van der Waals surface area contributed by atoms with Crippen molar-refractivity contribution in [1.82, 2.24) is 0 Å². The van der Waals surface area contributed by atoms with E-state index in [0.717, 1.165) is 77.5 Å². The van der Waals surface area contributed by atoms with Gasteiger partial charge in [0, 0.05) is 38.3 Å². The molecule has 3 nitrogen and oxygen atoms in total. The van der Waals surface area contributed by atoms with Gasteiger partial charge in [0.1, 0.15) is 16.7 Å². The first-order valence-corrected chi connectivity index (χ1v) is 15.9. The van der Waals surface area contributed by atoms with E-state index < -0.39 is 0 Å².